The molecule has 0 aliphatic carbocycles. The fraction of sp³-hybridized carbons (Fsp3) is 0.200. The molecule has 2 heterocycles. The summed E-state index contributed by atoms with van der Waals surface area (Å²) in [5, 5.41) is 3.04. The van der Waals surface area contributed by atoms with E-state index in [-0.39, 0.29) is 0 Å². The van der Waals surface area contributed by atoms with Crippen molar-refractivity contribution in [2.24, 2.45) is 0 Å². The molecule has 5 nitrogen and oxygen atoms in total. The molecule has 0 radical (unpaired) electrons. The summed E-state index contributed by atoms with van der Waals surface area (Å²) in [6.45, 7) is 3.78. The van der Waals surface area contributed by atoms with Crippen LogP contribution in [0.5, 0.6) is 0 Å². The van der Waals surface area contributed by atoms with Crippen LogP contribution < -0.4 is 5.32 Å². The van der Waals surface area contributed by atoms with Crippen molar-refractivity contribution in [2.75, 3.05) is 5.32 Å². The zero-order valence-electron chi connectivity index (χ0n) is 8.60. The molecule has 1 N–H and O–H groups in total. The van der Waals surface area contributed by atoms with Crippen LogP contribution in [0.4, 0.5) is 11.6 Å². The SMILES string of the molecule is Cc1cncc(Nc2cncc(C)n2)n1. The molecule has 2 aromatic rings. The van der Waals surface area contributed by atoms with Crippen molar-refractivity contribution in [1.29, 1.82) is 0 Å². The highest BCUT2D eigenvalue weighted by atomic mass is 15.1. The lowest BCUT2D eigenvalue weighted by Gasteiger charge is -2.04. The average Bonchev–Trinajstić information content (AvgIpc) is 2.17. The molecule has 0 fully saturated rings. The minimum Gasteiger partial charge on any atom is -0.322 e. The van der Waals surface area contributed by atoms with Gasteiger partial charge in [0, 0.05) is 12.4 Å². The summed E-state index contributed by atoms with van der Waals surface area (Å²) >= 11 is 0. The third kappa shape index (κ3) is 2.46. The monoisotopic (exact) mass is 201 g/mol. The molecule has 76 valence electrons. The van der Waals surface area contributed by atoms with Crippen LogP contribution in [0.25, 0.3) is 0 Å². The summed E-state index contributed by atoms with van der Waals surface area (Å²) in [6.07, 6.45) is 6.70. The number of nitrogens with one attached hydrogen (secondary N) is 1. The highest BCUT2D eigenvalue weighted by Gasteiger charge is 1.98. The summed E-state index contributed by atoms with van der Waals surface area (Å²) in [5.41, 5.74) is 1.72. The zero-order valence-corrected chi connectivity index (χ0v) is 8.60. The first-order chi connectivity index (χ1) is 7.24. The molecular weight excluding hydrogens is 190 g/mol. The first kappa shape index (κ1) is 9.51. The van der Waals surface area contributed by atoms with Crippen LogP contribution in [0.3, 0.4) is 0 Å². The van der Waals surface area contributed by atoms with Crippen molar-refractivity contribution in [3.8, 4) is 0 Å². The van der Waals surface area contributed by atoms with E-state index < -0.39 is 0 Å². The number of nitrogens with zero attached hydrogens (tertiary/aromatic N) is 4. The normalized spacial score (nSPS) is 10.0. The maximum Gasteiger partial charge on any atom is 0.150 e. The van der Waals surface area contributed by atoms with Gasteiger partial charge in [0.1, 0.15) is 11.6 Å². The Morgan fingerprint density at radius 2 is 1.27 bits per heavy atom. The van der Waals surface area contributed by atoms with Gasteiger partial charge in [-0.05, 0) is 13.8 Å². The summed E-state index contributed by atoms with van der Waals surface area (Å²) in [7, 11) is 0. The molecule has 0 aliphatic rings. The predicted molar refractivity (Wildman–Crippen MR) is 56.8 cm³/mol. The molecule has 0 aliphatic heterocycles. The van der Waals surface area contributed by atoms with Gasteiger partial charge in [-0.1, -0.05) is 0 Å². The van der Waals surface area contributed by atoms with E-state index in [2.05, 4.69) is 25.3 Å². The average molecular weight is 201 g/mol. The summed E-state index contributed by atoms with van der Waals surface area (Å²) in [4.78, 5) is 16.6. The molecule has 0 saturated heterocycles. The van der Waals surface area contributed by atoms with Crippen LogP contribution in [0.2, 0.25) is 0 Å². The smallest absolute Gasteiger partial charge is 0.150 e. The topological polar surface area (TPSA) is 63.6 Å². The Labute approximate surface area is 87.6 Å². The van der Waals surface area contributed by atoms with Gasteiger partial charge in [-0.3, -0.25) is 9.97 Å². The molecule has 0 spiro atoms. The Kier molecular flexibility index (Phi) is 2.53. The lowest BCUT2D eigenvalue weighted by Crippen LogP contribution is -1.99. The maximum absolute atomic E-state index is 4.26. The van der Waals surface area contributed by atoms with Crippen LogP contribution in [0.1, 0.15) is 11.4 Å². The van der Waals surface area contributed by atoms with E-state index in [1.54, 1.807) is 24.8 Å². The van der Waals surface area contributed by atoms with Crippen molar-refractivity contribution in [1.82, 2.24) is 19.9 Å². The van der Waals surface area contributed by atoms with Crippen molar-refractivity contribution in [2.45, 2.75) is 13.8 Å². The van der Waals surface area contributed by atoms with E-state index in [0.29, 0.717) is 11.6 Å². The number of anilines is 2. The second kappa shape index (κ2) is 4.00. The van der Waals surface area contributed by atoms with Crippen molar-refractivity contribution >= 4 is 11.6 Å². The lowest BCUT2D eigenvalue weighted by molar-refractivity contribution is 1.08. The van der Waals surface area contributed by atoms with Crippen molar-refractivity contribution in [3.05, 3.63) is 36.2 Å². The van der Waals surface area contributed by atoms with E-state index in [9.17, 15) is 0 Å². The Hall–Kier alpha value is -2.04. The minimum atomic E-state index is 0.676. The Balaban J connectivity index is 2.22. The number of hydrogen-bond donors (Lipinski definition) is 1. The zero-order chi connectivity index (χ0) is 10.7. The maximum atomic E-state index is 4.26. The van der Waals surface area contributed by atoms with Gasteiger partial charge >= 0.3 is 0 Å². The third-order valence-electron chi connectivity index (χ3n) is 1.77. The fourth-order valence-electron chi connectivity index (χ4n) is 1.18. The van der Waals surface area contributed by atoms with E-state index in [1.165, 1.54) is 0 Å². The van der Waals surface area contributed by atoms with E-state index >= 15 is 0 Å². The second-order valence-corrected chi connectivity index (χ2v) is 3.22. The van der Waals surface area contributed by atoms with Gasteiger partial charge in [-0.2, -0.15) is 0 Å². The van der Waals surface area contributed by atoms with Gasteiger partial charge in [0.15, 0.2) is 0 Å². The van der Waals surface area contributed by atoms with E-state index in [1.807, 2.05) is 13.8 Å². The molecule has 0 unspecified atom stereocenters. The van der Waals surface area contributed by atoms with Crippen LogP contribution in [0.15, 0.2) is 24.8 Å². The van der Waals surface area contributed by atoms with Crippen LogP contribution >= 0.6 is 0 Å². The third-order valence-corrected chi connectivity index (χ3v) is 1.77. The molecule has 0 saturated carbocycles. The first-order valence-corrected chi connectivity index (χ1v) is 4.58. The minimum absolute atomic E-state index is 0.676. The van der Waals surface area contributed by atoms with E-state index in [4.69, 9.17) is 0 Å². The van der Waals surface area contributed by atoms with Gasteiger partial charge in [0.25, 0.3) is 0 Å². The quantitative estimate of drug-likeness (QED) is 0.800. The number of aryl methyl sites for hydroxylation is 2. The van der Waals surface area contributed by atoms with Crippen LogP contribution in [-0.2, 0) is 0 Å². The molecule has 0 amide bonds. The first-order valence-electron chi connectivity index (χ1n) is 4.58. The Morgan fingerprint density at radius 3 is 1.67 bits per heavy atom. The molecule has 2 aromatic heterocycles. The Bertz CT molecular complexity index is 425. The molecule has 0 atom stereocenters. The van der Waals surface area contributed by atoms with Crippen LogP contribution in [-0.4, -0.2) is 19.9 Å². The molecule has 0 bridgehead atoms. The Morgan fingerprint density at radius 1 is 0.800 bits per heavy atom. The standard InChI is InChI=1S/C10H11N5/c1-7-3-11-5-9(13-7)15-10-6-12-4-8(2)14-10/h3-6H,1-2H3,(H,13,14,15). The van der Waals surface area contributed by atoms with Gasteiger partial charge < -0.3 is 5.32 Å². The lowest BCUT2D eigenvalue weighted by atomic mass is 10.5. The van der Waals surface area contributed by atoms with Crippen LogP contribution in [0, 0.1) is 13.8 Å². The molecule has 15 heavy (non-hydrogen) atoms. The number of rotatable bonds is 2. The van der Waals surface area contributed by atoms with Gasteiger partial charge in [0.2, 0.25) is 0 Å². The van der Waals surface area contributed by atoms with E-state index in [0.717, 1.165) is 11.4 Å². The van der Waals surface area contributed by atoms with Crippen molar-refractivity contribution < 1.29 is 0 Å². The largest absolute Gasteiger partial charge is 0.322 e. The summed E-state index contributed by atoms with van der Waals surface area (Å²) in [6, 6.07) is 0. The molecule has 2 rings (SSSR count). The number of hydrogen-bond acceptors (Lipinski definition) is 5. The van der Waals surface area contributed by atoms with Gasteiger partial charge in [0.05, 0.1) is 23.8 Å². The molecular formula is C10H11N5. The molecule has 0 aromatic carbocycles. The van der Waals surface area contributed by atoms with Gasteiger partial charge in [-0.15, -0.1) is 0 Å². The fourth-order valence-corrected chi connectivity index (χ4v) is 1.18. The van der Waals surface area contributed by atoms with Gasteiger partial charge in [-0.25, -0.2) is 9.97 Å². The number of aromatic nitrogens is 4. The highest BCUT2D eigenvalue weighted by Crippen LogP contribution is 2.09. The molecule has 5 heteroatoms. The van der Waals surface area contributed by atoms with Crippen molar-refractivity contribution in [3.63, 3.8) is 0 Å². The highest BCUT2D eigenvalue weighted by molar-refractivity contribution is 5.49. The second-order valence-electron chi connectivity index (χ2n) is 3.22. The summed E-state index contributed by atoms with van der Waals surface area (Å²) < 4.78 is 0. The predicted octanol–water partition coefficient (Wildman–Crippen LogP) is 1.63. The summed E-state index contributed by atoms with van der Waals surface area (Å²) in [5.74, 6) is 1.35.